The molecule has 0 aromatic heterocycles. The minimum Gasteiger partial charge on any atom is -0.149 e. The fourth-order valence-electron chi connectivity index (χ4n) is 0.0891. The van der Waals surface area contributed by atoms with Gasteiger partial charge in [-0.1, -0.05) is 0 Å². The van der Waals surface area contributed by atoms with Gasteiger partial charge in [0.2, 0.25) is 7.42 Å². The van der Waals surface area contributed by atoms with Crippen molar-refractivity contribution in [3.63, 3.8) is 0 Å². The summed E-state index contributed by atoms with van der Waals surface area (Å²) in [6.45, 7) is 0. The van der Waals surface area contributed by atoms with E-state index in [2.05, 4.69) is 5.92 Å². The molecule has 0 aliphatic carbocycles. The smallest absolute Gasteiger partial charge is 0.149 e. The summed E-state index contributed by atoms with van der Waals surface area (Å²) in [6, 6.07) is 0.573. The summed E-state index contributed by atoms with van der Waals surface area (Å²) < 4.78 is 0. The van der Waals surface area contributed by atoms with Crippen molar-refractivity contribution in [3.8, 4) is 12.3 Å². The van der Waals surface area contributed by atoms with Crippen LogP contribution >= 0.6 is 22.2 Å². The van der Waals surface area contributed by atoms with Crippen molar-refractivity contribution in [3.05, 3.63) is 0 Å². The van der Waals surface area contributed by atoms with Gasteiger partial charge in [-0.3, -0.25) is 0 Å². The first-order valence-electron chi connectivity index (χ1n) is 1.49. The molecule has 0 atom stereocenters. The molecular formula is C3H4Cl2Si. The third kappa shape index (κ3) is 4.36. The van der Waals surface area contributed by atoms with Gasteiger partial charge in [-0.05, 0) is 0 Å². The third-order valence-electron chi connectivity index (χ3n) is 0.272. The maximum atomic E-state index is 5.34. The van der Waals surface area contributed by atoms with E-state index in [1.54, 1.807) is 0 Å². The highest BCUT2D eigenvalue weighted by atomic mass is 35.7. The summed E-state index contributed by atoms with van der Waals surface area (Å²) in [5, 5.41) is 0. The highest BCUT2D eigenvalue weighted by Gasteiger charge is 1.94. The number of rotatable bonds is 1. The normalized spacial score (nSPS) is 8.33. The fourth-order valence-corrected chi connectivity index (χ4v) is 0.802. The molecule has 0 saturated heterocycles. The van der Waals surface area contributed by atoms with Gasteiger partial charge in [-0.25, -0.2) is 0 Å². The summed E-state index contributed by atoms with van der Waals surface area (Å²) in [5.41, 5.74) is 0. The van der Waals surface area contributed by atoms with Crippen molar-refractivity contribution in [2.24, 2.45) is 0 Å². The van der Waals surface area contributed by atoms with Gasteiger partial charge in [0.25, 0.3) is 0 Å². The Labute approximate surface area is 48.5 Å². The molecule has 0 aromatic rings. The molecule has 0 N–H and O–H groups in total. The quantitative estimate of drug-likeness (QED) is 0.292. The van der Waals surface area contributed by atoms with E-state index in [1.165, 1.54) is 0 Å². The molecular weight excluding hydrogens is 135 g/mol. The largest absolute Gasteiger partial charge is 0.248 e. The van der Waals surface area contributed by atoms with E-state index in [1.807, 2.05) is 0 Å². The Morgan fingerprint density at radius 2 is 2.17 bits per heavy atom. The van der Waals surface area contributed by atoms with Crippen molar-refractivity contribution >= 4 is 29.6 Å². The lowest BCUT2D eigenvalue weighted by atomic mass is 10.8. The van der Waals surface area contributed by atoms with Gasteiger partial charge < -0.3 is 0 Å². The van der Waals surface area contributed by atoms with Crippen molar-refractivity contribution in [1.82, 2.24) is 0 Å². The van der Waals surface area contributed by atoms with Crippen LogP contribution in [-0.4, -0.2) is 7.42 Å². The average molecular weight is 139 g/mol. The van der Waals surface area contributed by atoms with Gasteiger partial charge in [0.15, 0.2) is 0 Å². The lowest BCUT2D eigenvalue weighted by molar-refractivity contribution is 1.86. The van der Waals surface area contributed by atoms with Crippen LogP contribution in [-0.2, 0) is 0 Å². The van der Waals surface area contributed by atoms with Crippen LogP contribution in [0.4, 0.5) is 0 Å². The van der Waals surface area contributed by atoms with Crippen LogP contribution in [0.5, 0.6) is 0 Å². The van der Waals surface area contributed by atoms with Gasteiger partial charge in [0, 0.05) is 6.04 Å². The number of halogens is 2. The summed E-state index contributed by atoms with van der Waals surface area (Å²) in [7, 11) is -1.46. The third-order valence-corrected chi connectivity index (χ3v) is 1.74. The first-order valence-corrected chi connectivity index (χ1v) is 5.79. The van der Waals surface area contributed by atoms with E-state index in [0.29, 0.717) is 6.04 Å². The molecule has 0 bridgehead atoms. The molecule has 0 heterocycles. The predicted octanol–water partition coefficient (Wildman–Crippen LogP) is 1.32. The van der Waals surface area contributed by atoms with E-state index in [4.69, 9.17) is 28.6 Å². The van der Waals surface area contributed by atoms with Crippen molar-refractivity contribution < 1.29 is 0 Å². The van der Waals surface area contributed by atoms with Crippen LogP contribution in [0.2, 0.25) is 6.04 Å². The Kier molecular flexibility index (Phi) is 3.75. The van der Waals surface area contributed by atoms with Gasteiger partial charge in [0.05, 0.1) is 0 Å². The second-order valence-corrected chi connectivity index (χ2v) is 5.82. The lowest BCUT2D eigenvalue weighted by Gasteiger charge is -1.81. The van der Waals surface area contributed by atoms with Gasteiger partial charge in [-0.15, -0.1) is 34.5 Å². The SMILES string of the molecule is C#CC[SiH](Cl)Cl. The molecule has 0 aliphatic rings. The topological polar surface area (TPSA) is 0 Å². The van der Waals surface area contributed by atoms with Gasteiger partial charge in [0.1, 0.15) is 0 Å². The zero-order valence-electron chi connectivity index (χ0n) is 3.12. The second kappa shape index (κ2) is 3.54. The van der Waals surface area contributed by atoms with Crippen LogP contribution in [0.25, 0.3) is 0 Å². The van der Waals surface area contributed by atoms with Crippen molar-refractivity contribution in [1.29, 1.82) is 0 Å². The van der Waals surface area contributed by atoms with Crippen LogP contribution in [0.15, 0.2) is 0 Å². The zero-order chi connectivity index (χ0) is 4.99. The molecule has 0 nitrogen and oxygen atoms in total. The van der Waals surface area contributed by atoms with Gasteiger partial charge >= 0.3 is 0 Å². The molecule has 0 spiro atoms. The maximum absolute atomic E-state index is 5.34. The van der Waals surface area contributed by atoms with E-state index in [-0.39, 0.29) is 0 Å². The van der Waals surface area contributed by atoms with Crippen LogP contribution in [0.3, 0.4) is 0 Å². The first kappa shape index (κ1) is 6.36. The van der Waals surface area contributed by atoms with E-state index < -0.39 is 7.42 Å². The Hall–Kier alpha value is 0.357. The number of terminal acetylenes is 1. The summed E-state index contributed by atoms with van der Waals surface area (Å²) in [5.74, 6) is 2.36. The maximum Gasteiger partial charge on any atom is 0.248 e. The Balaban J connectivity index is 2.88. The molecule has 0 unspecified atom stereocenters. The summed E-state index contributed by atoms with van der Waals surface area (Å²) >= 11 is 10.7. The van der Waals surface area contributed by atoms with E-state index in [9.17, 15) is 0 Å². The lowest BCUT2D eigenvalue weighted by Crippen LogP contribution is -1.85. The average Bonchev–Trinajstić information content (AvgIpc) is 1.35. The highest BCUT2D eigenvalue weighted by Crippen LogP contribution is 1.99. The molecule has 0 amide bonds. The highest BCUT2D eigenvalue weighted by molar-refractivity contribution is 7.34. The van der Waals surface area contributed by atoms with Crippen molar-refractivity contribution in [2.75, 3.05) is 0 Å². The Morgan fingerprint density at radius 1 is 1.67 bits per heavy atom. The van der Waals surface area contributed by atoms with Crippen LogP contribution < -0.4 is 0 Å². The van der Waals surface area contributed by atoms with E-state index >= 15 is 0 Å². The van der Waals surface area contributed by atoms with E-state index in [0.717, 1.165) is 0 Å². The molecule has 0 aromatic carbocycles. The number of hydrogen-bond acceptors (Lipinski definition) is 0. The molecule has 0 radical (unpaired) electrons. The Morgan fingerprint density at radius 3 is 2.17 bits per heavy atom. The molecule has 0 fully saturated rings. The standard InChI is InChI=1S/C3H4Cl2Si/c1-2-3-6(4)5/h1,6H,3H2. The predicted molar refractivity (Wildman–Crippen MR) is 32.5 cm³/mol. The molecule has 6 heavy (non-hydrogen) atoms. The molecule has 3 heteroatoms. The van der Waals surface area contributed by atoms with Crippen molar-refractivity contribution in [2.45, 2.75) is 6.04 Å². The molecule has 0 saturated carbocycles. The minimum atomic E-state index is -1.46. The van der Waals surface area contributed by atoms with Gasteiger partial charge in [-0.2, -0.15) is 0 Å². The Bertz CT molecular complexity index is 63.7. The number of hydrogen-bond donors (Lipinski definition) is 0. The monoisotopic (exact) mass is 138 g/mol. The summed E-state index contributed by atoms with van der Waals surface area (Å²) in [6.07, 6.45) is 4.85. The minimum absolute atomic E-state index is 0.573. The van der Waals surface area contributed by atoms with Crippen LogP contribution in [0.1, 0.15) is 0 Å². The van der Waals surface area contributed by atoms with Crippen LogP contribution in [0, 0.1) is 12.3 Å². The zero-order valence-corrected chi connectivity index (χ0v) is 5.78. The first-order chi connectivity index (χ1) is 2.77. The summed E-state index contributed by atoms with van der Waals surface area (Å²) in [4.78, 5) is 0. The molecule has 0 rings (SSSR count). The molecule has 34 valence electrons. The fraction of sp³-hybridized carbons (Fsp3) is 0.333. The molecule has 0 aliphatic heterocycles. The second-order valence-electron chi connectivity index (χ2n) is 0.799.